The zero-order valence-corrected chi connectivity index (χ0v) is 15.4. The number of aromatic nitrogens is 2. The number of nitrogens with one attached hydrogen (secondary N) is 1. The number of benzene rings is 2. The van der Waals surface area contributed by atoms with Crippen molar-refractivity contribution in [3.63, 3.8) is 0 Å². The number of rotatable bonds is 6. The van der Waals surface area contributed by atoms with Gasteiger partial charge in [-0.15, -0.1) is 0 Å². The van der Waals surface area contributed by atoms with E-state index in [2.05, 4.69) is 14.9 Å². The maximum Gasteiger partial charge on any atom is 0.242 e. The summed E-state index contributed by atoms with van der Waals surface area (Å²) >= 11 is 11.9. The fourth-order valence-corrected chi connectivity index (χ4v) is 3.81. The highest BCUT2D eigenvalue weighted by Crippen LogP contribution is 2.25. The predicted molar refractivity (Wildman–Crippen MR) is 95.6 cm³/mol. The highest BCUT2D eigenvalue weighted by atomic mass is 35.5. The molecule has 0 aliphatic rings. The van der Waals surface area contributed by atoms with E-state index in [0.29, 0.717) is 10.6 Å². The highest BCUT2D eigenvalue weighted by Gasteiger charge is 2.19. The summed E-state index contributed by atoms with van der Waals surface area (Å²) < 4.78 is 45.4. The van der Waals surface area contributed by atoms with Crippen molar-refractivity contribution in [2.45, 2.75) is 12.3 Å². The molecule has 2 aromatic carbocycles. The van der Waals surface area contributed by atoms with Gasteiger partial charge in [-0.2, -0.15) is 4.98 Å². The summed E-state index contributed by atoms with van der Waals surface area (Å²) in [6.45, 7) is -0.244. The Kier molecular flexibility index (Phi) is 5.57. The number of nitrogens with zero attached hydrogens (tertiary/aromatic N) is 2. The second kappa shape index (κ2) is 7.71. The van der Waals surface area contributed by atoms with Crippen LogP contribution < -0.4 is 4.72 Å². The van der Waals surface area contributed by atoms with Crippen LogP contribution in [0.5, 0.6) is 0 Å². The van der Waals surface area contributed by atoms with Gasteiger partial charge in [0, 0.05) is 16.1 Å². The van der Waals surface area contributed by atoms with Gasteiger partial charge in [-0.3, -0.25) is 0 Å². The van der Waals surface area contributed by atoms with Crippen molar-refractivity contribution in [2.75, 3.05) is 0 Å². The first-order valence-electron chi connectivity index (χ1n) is 7.33. The van der Waals surface area contributed by atoms with Crippen molar-refractivity contribution in [3.05, 3.63) is 69.8 Å². The van der Waals surface area contributed by atoms with Gasteiger partial charge in [-0.05, 0) is 24.3 Å². The third-order valence-corrected chi connectivity index (χ3v) is 5.36. The topological polar surface area (TPSA) is 85.1 Å². The molecule has 0 fully saturated rings. The van der Waals surface area contributed by atoms with Gasteiger partial charge in [0.1, 0.15) is 5.82 Å². The fourth-order valence-electron chi connectivity index (χ4n) is 2.16. The molecule has 0 bridgehead atoms. The molecular weight excluding hydrogens is 404 g/mol. The molecule has 0 radical (unpaired) electrons. The van der Waals surface area contributed by atoms with Crippen LogP contribution in [0.15, 0.2) is 47.0 Å². The van der Waals surface area contributed by atoms with Crippen molar-refractivity contribution >= 4 is 33.2 Å². The average Bonchev–Trinajstić information content (AvgIpc) is 3.06. The second-order valence-corrected chi connectivity index (χ2v) is 7.89. The predicted octanol–water partition coefficient (Wildman–Crippen LogP) is 3.80. The lowest BCUT2D eigenvalue weighted by Gasteiger charge is -2.07. The summed E-state index contributed by atoms with van der Waals surface area (Å²) in [5.41, 5.74) is 0.453. The Morgan fingerprint density at radius 2 is 1.81 bits per heavy atom. The lowest BCUT2D eigenvalue weighted by Crippen LogP contribution is -2.25. The molecule has 0 aliphatic carbocycles. The quantitative estimate of drug-likeness (QED) is 0.661. The molecule has 0 atom stereocenters. The Morgan fingerprint density at radius 1 is 1.08 bits per heavy atom. The Hall–Kier alpha value is -2.00. The monoisotopic (exact) mass is 415 g/mol. The van der Waals surface area contributed by atoms with Crippen molar-refractivity contribution < 1.29 is 17.3 Å². The van der Waals surface area contributed by atoms with Gasteiger partial charge in [-0.25, -0.2) is 17.5 Å². The van der Waals surface area contributed by atoms with E-state index in [4.69, 9.17) is 27.7 Å². The maximum atomic E-state index is 13.7. The standard InChI is InChI=1S/C16H12Cl2FN3O3S/c17-12-5-2-1-4-10(12)16-21-15(25-22-16)8-20-26(23,24)9-11-13(18)6-3-7-14(11)19/h1-7,20H,8-9H2. The van der Waals surface area contributed by atoms with E-state index in [0.717, 1.165) is 6.07 Å². The van der Waals surface area contributed by atoms with Gasteiger partial charge in [0.2, 0.25) is 21.7 Å². The van der Waals surface area contributed by atoms with Crippen molar-refractivity contribution in [3.8, 4) is 11.4 Å². The fraction of sp³-hybridized carbons (Fsp3) is 0.125. The molecule has 10 heteroatoms. The average molecular weight is 416 g/mol. The number of hydrogen-bond acceptors (Lipinski definition) is 5. The summed E-state index contributed by atoms with van der Waals surface area (Å²) in [5.74, 6) is -1.02. The number of sulfonamides is 1. The van der Waals surface area contributed by atoms with Crippen molar-refractivity contribution in [2.24, 2.45) is 0 Å². The largest absolute Gasteiger partial charge is 0.338 e. The molecule has 0 saturated heterocycles. The highest BCUT2D eigenvalue weighted by molar-refractivity contribution is 7.88. The van der Waals surface area contributed by atoms with Crippen LogP contribution in [0.1, 0.15) is 11.5 Å². The molecule has 6 nitrogen and oxygen atoms in total. The van der Waals surface area contributed by atoms with E-state index < -0.39 is 21.6 Å². The zero-order valence-electron chi connectivity index (χ0n) is 13.1. The Morgan fingerprint density at radius 3 is 2.54 bits per heavy atom. The van der Waals surface area contributed by atoms with Gasteiger partial charge in [0.15, 0.2) is 0 Å². The summed E-state index contributed by atoms with van der Waals surface area (Å²) in [7, 11) is -3.87. The van der Waals surface area contributed by atoms with E-state index >= 15 is 0 Å². The second-order valence-electron chi connectivity index (χ2n) is 5.27. The molecule has 1 heterocycles. The molecule has 0 amide bonds. The lowest BCUT2D eigenvalue weighted by atomic mass is 10.2. The molecular formula is C16H12Cl2FN3O3S. The van der Waals surface area contributed by atoms with Gasteiger partial charge >= 0.3 is 0 Å². The molecule has 3 aromatic rings. The van der Waals surface area contributed by atoms with Gasteiger partial charge < -0.3 is 4.52 Å². The van der Waals surface area contributed by atoms with Gasteiger partial charge in [0.05, 0.1) is 17.3 Å². The smallest absolute Gasteiger partial charge is 0.242 e. The van der Waals surface area contributed by atoms with Gasteiger partial charge in [-0.1, -0.05) is 46.6 Å². The Balaban J connectivity index is 1.70. The molecule has 26 heavy (non-hydrogen) atoms. The van der Waals surface area contributed by atoms with Crippen LogP contribution in [0.2, 0.25) is 10.0 Å². The zero-order chi connectivity index (χ0) is 18.7. The van der Waals surface area contributed by atoms with Crippen LogP contribution >= 0.6 is 23.2 Å². The Labute approximate surface area is 159 Å². The van der Waals surface area contributed by atoms with E-state index in [-0.39, 0.29) is 28.8 Å². The molecule has 1 aromatic heterocycles. The summed E-state index contributed by atoms with van der Waals surface area (Å²) in [4.78, 5) is 4.10. The molecule has 136 valence electrons. The number of halogens is 3. The summed E-state index contributed by atoms with van der Waals surface area (Å²) in [5, 5.41) is 4.25. The van der Waals surface area contributed by atoms with Crippen molar-refractivity contribution in [1.29, 1.82) is 0 Å². The van der Waals surface area contributed by atoms with Gasteiger partial charge in [0.25, 0.3) is 0 Å². The molecule has 1 N–H and O–H groups in total. The first kappa shape index (κ1) is 18.8. The molecule has 0 aliphatic heterocycles. The van der Waals surface area contributed by atoms with Crippen LogP contribution in [0, 0.1) is 5.82 Å². The first-order chi connectivity index (χ1) is 12.4. The SMILES string of the molecule is O=S(=O)(Cc1c(F)cccc1Cl)NCc1nc(-c2ccccc2Cl)no1. The maximum absolute atomic E-state index is 13.7. The van der Waals surface area contributed by atoms with Crippen molar-refractivity contribution in [1.82, 2.24) is 14.9 Å². The lowest BCUT2D eigenvalue weighted by molar-refractivity contribution is 0.376. The minimum Gasteiger partial charge on any atom is -0.338 e. The van der Waals surface area contributed by atoms with Crippen LogP contribution in [0.25, 0.3) is 11.4 Å². The minimum absolute atomic E-state index is 0.0363. The third-order valence-electron chi connectivity index (χ3n) is 3.42. The van der Waals surface area contributed by atoms with Crippen LogP contribution in [0.4, 0.5) is 4.39 Å². The third kappa shape index (κ3) is 4.39. The number of hydrogen-bond donors (Lipinski definition) is 1. The van der Waals surface area contributed by atoms with Crippen LogP contribution in [-0.4, -0.2) is 18.6 Å². The molecule has 0 spiro atoms. The minimum atomic E-state index is -3.87. The van der Waals surface area contributed by atoms with E-state index in [1.807, 2.05) is 0 Å². The molecule has 3 rings (SSSR count). The molecule has 0 unspecified atom stereocenters. The summed E-state index contributed by atoms with van der Waals surface area (Å²) in [6.07, 6.45) is 0. The van der Waals surface area contributed by atoms with E-state index in [1.165, 1.54) is 12.1 Å². The Bertz CT molecular complexity index is 1020. The first-order valence-corrected chi connectivity index (χ1v) is 9.74. The normalized spacial score (nSPS) is 11.7. The van der Waals surface area contributed by atoms with E-state index in [9.17, 15) is 12.8 Å². The molecule has 0 saturated carbocycles. The van der Waals surface area contributed by atoms with Crippen LogP contribution in [0.3, 0.4) is 0 Å². The van der Waals surface area contributed by atoms with E-state index in [1.54, 1.807) is 24.3 Å². The summed E-state index contributed by atoms with van der Waals surface area (Å²) in [6, 6.07) is 10.9. The van der Waals surface area contributed by atoms with Crippen LogP contribution in [-0.2, 0) is 22.3 Å².